The van der Waals surface area contributed by atoms with Crippen LogP contribution in [0.4, 0.5) is 19.6 Å². The first-order valence-corrected chi connectivity index (χ1v) is 16.0. The average molecular weight is 635 g/mol. The van der Waals surface area contributed by atoms with Crippen molar-refractivity contribution < 1.29 is 23.0 Å². The first-order valence-electron chi connectivity index (χ1n) is 15.2. The van der Waals surface area contributed by atoms with Gasteiger partial charge in [-0.2, -0.15) is 15.2 Å². The van der Waals surface area contributed by atoms with Crippen molar-refractivity contribution >= 4 is 43.1 Å². The molecule has 4 fully saturated rings. The van der Waals surface area contributed by atoms with E-state index in [1.54, 1.807) is 6.20 Å². The van der Waals surface area contributed by atoms with Crippen LogP contribution in [0.1, 0.15) is 18.4 Å². The predicted molar refractivity (Wildman–Crippen MR) is 165 cm³/mol. The zero-order valence-electron chi connectivity index (χ0n) is 24.5. The van der Waals surface area contributed by atoms with Gasteiger partial charge < -0.3 is 30.2 Å². The Kier molecular flexibility index (Phi) is 7.18. The zero-order valence-corrected chi connectivity index (χ0v) is 25.3. The SMILES string of the molecule is N#Cc1c(N)sc2c(F)ccc(-c3ncc4c(N5CC6CCC(C5)N6)nc(OCC5(CN6CCOCC6)COC5)nc4c3F)c12. The Balaban J connectivity index is 1.21. The largest absolute Gasteiger partial charge is 0.463 e. The second kappa shape index (κ2) is 11.3. The van der Waals surface area contributed by atoms with E-state index in [1.807, 2.05) is 6.07 Å². The molecule has 3 aromatic heterocycles. The first kappa shape index (κ1) is 28.7. The summed E-state index contributed by atoms with van der Waals surface area (Å²) in [7, 11) is 0. The van der Waals surface area contributed by atoms with Gasteiger partial charge in [0.2, 0.25) is 0 Å². The maximum absolute atomic E-state index is 16.7. The van der Waals surface area contributed by atoms with Crippen LogP contribution in [0.3, 0.4) is 0 Å². The van der Waals surface area contributed by atoms with Gasteiger partial charge in [-0.05, 0) is 25.0 Å². The van der Waals surface area contributed by atoms with E-state index >= 15 is 4.39 Å². The van der Waals surface area contributed by atoms with Crippen LogP contribution in [-0.4, -0.2) is 97.7 Å². The highest BCUT2D eigenvalue weighted by Crippen LogP contribution is 2.42. The normalized spacial score (nSPS) is 22.9. The molecule has 0 aliphatic carbocycles. The summed E-state index contributed by atoms with van der Waals surface area (Å²) in [5.41, 5.74) is 6.20. The number of aromatic nitrogens is 3. The quantitative estimate of drug-likeness (QED) is 0.310. The second-order valence-corrected chi connectivity index (χ2v) is 13.5. The van der Waals surface area contributed by atoms with Crippen molar-refractivity contribution in [3.05, 3.63) is 35.5 Å². The summed E-state index contributed by atoms with van der Waals surface area (Å²) in [6, 6.07) is 5.44. The van der Waals surface area contributed by atoms with Gasteiger partial charge in [-0.3, -0.25) is 9.88 Å². The number of ether oxygens (including phenoxy) is 3. The van der Waals surface area contributed by atoms with Gasteiger partial charge in [-0.15, -0.1) is 11.3 Å². The third-order valence-corrected chi connectivity index (χ3v) is 10.4. The van der Waals surface area contributed by atoms with Crippen LogP contribution in [0.15, 0.2) is 18.3 Å². The summed E-state index contributed by atoms with van der Waals surface area (Å²) in [5.74, 6) is -0.663. The fraction of sp³-hybridized carbons (Fsp3) is 0.484. The molecule has 234 valence electrons. The minimum Gasteiger partial charge on any atom is -0.463 e. The Bertz CT molecular complexity index is 1830. The highest BCUT2D eigenvalue weighted by atomic mass is 32.1. The van der Waals surface area contributed by atoms with Crippen molar-refractivity contribution in [2.24, 2.45) is 5.41 Å². The molecule has 4 aliphatic rings. The van der Waals surface area contributed by atoms with Crippen molar-refractivity contribution in [2.75, 3.05) is 76.4 Å². The van der Waals surface area contributed by atoms with Gasteiger partial charge in [0.1, 0.15) is 40.5 Å². The Morgan fingerprint density at radius 3 is 2.62 bits per heavy atom. The number of halogens is 2. The van der Waals surface area contributed by atoms with Crippen LogP contribution in [0.25, 0.3) is 32.2 Å². The summed E-state index contributed by atoms with van der Waals surface area (Å²) in [5, 5.41) is 14.3. The fourth-order valence-corrected chi connectivity index (χ4v) is 7.99. The highest BCUT2D eigenvalue weighted by molar-refractivity contribution is 7.23. The fourth-order valence-electron chi connectivity index (χ4n) is 7.04. The molecule has 0 spiro atoms. The summed E-state index contributed by atoms with van der Waals surface area (Å²) < 4.78 is 49.1. The molecule has 45 heavy (non-hydrogen) atoms. The van der Waals surface area contributed by atoms with Gasteiger partial charge in [0.05, 0.1) is 47.5 Å². The number of anilines is 2. The third-order valence-electron chi connectivity index (χ3n) is 9.33. The van der Waals surface area contributed by atoms with Crippen molar-refractivity contribution in [3.8, 4) is 23.3 Å². The molecular formula is C31H32F2N8O3S. The van der Waals surface area contributed by atoms with Gasteiger partial charge in [0.15, 0.2) is 5.82 Å². The summed E-state index contributed by atoms with van der Waals surface area (Å²) in [4.78, 5) is 18.5. The molecule has 4 aliphatic heterocycles. The van der Waals surface area contributed by atoms with E-state index < -0.39 is 11.6 Å². The van der Waals surface area contributed by atoms with Crippen LogP contribution in [0, 0.1) is 28.4 Å². The number of nitriles is 1. The molecule has 2 atom stereocenters. The molecule has 3 N–H and O–H groups in total. The molecule has 2 bridgehead atoms. The lowest BCUT2D eigenvalue weighted by atomic mass is 9.86. The van der Waals surface area contributed by atoms with E-state index in [0.717, 1.165) is 56.9 Å². The van der Waals surface area contributed by atoms with Gasteiger partial charge in [-0.1, -0.05) is 0 Å². The maximum Gasteiger partial charge on any atom is 0.319 e. The number of benzene rings is 1. The van der Waals surface area contributed by atoms with E-state index in [2.05, 4.69) is 25.1 Å². The second-order valence-electron chi connectivity index (χ2n) is 12.5. The molecule has 0 radical (unpaired) electrons. The number of thiophene rings is 1. The molecular weight excluding hydrogens is 602 g/mol. The van der Waals surface area contributed by atoms with E-state index in [9.17, 15) is 9.65 Å². The average Bonchev–Trinajstić information content (AvgIpc) is 3.56. The Morgan fingerprint density at radius 2 is 1.91 bits per heavy atom. The van der Waals surface area contributed by atoms with Crippen LogP contribution in [0.5, 0.6) is 6.01 Å². The Morgan fingerprint density at radius 1 is 1.13 bits per heavy atom. The molecule has 14 heteroatoms. The van der Waals surface area contributed by atoms with Crippen LogP contribution in [0.2, 0.25) is 0 Å². The van der Waals surface area contributed by atoms with Crippen LogP contribution < -0.4 is 20.7 Å². The van der Waals surface area contributed by atoms with E-state index in [1.165, 1.54) is 12.1 Å². The third kappa shape index (κ3) is 5.03. The number of nitrogens with zero attached hydrogens (tertiary/aromatic N) is 6. The molecule has 4 saturated heterocycles. The van der Waals surface area contributed by atoms with E-state index in [-0.39, 0.29) is 48.9 Å². The van der Waals surface area contributed by atoms with E-state index in [4.69, 9.17) is 24.9 Å². The lowest BCUT2D eigenvalue weighted by Crippen LogP contribution is -2.56. The number of hydrogen-bond acceptors (Lipinski definition) is 12. The predicted octanol–water partition coefficient (Wildman–Crippen LogP) is 3.31. The summed E-state index contributed by atoms with van der Waals surface area (Å²) in [6.07, 6.45) is 3.70. The number of nitrogen functional groups attached to an aromatic ring is 1. The lowest BCUT2D eigenvalue weighted by molar-refractivity contribution is -0.150. The molecule has 7 heterocycles. The number of piperazine rings is 1. The standard InChI is InChI=1S/C31H32F2N8O3S/c32-22-4-3-19(23-20(9-34)28(35)45-27(22)23)25-24(33)26-21(10-36-25)29(41-11-17-1-2-18(12-41)37-17)39-30(38-26)44-16-31(14-43-15-31)13-40-5-7-42-8-6-40/h3-4,10,17-18,37H,1-2,5-8,11-16,35H2. The minimum atomic E-state index is -0.698. The lowest BCUT2D eigenvalue weighted by Gasteiger charge is -2.44. The Hall–Kier alpha value is -3.74. The zero-order chi connectivity index (χ0) is 30.7. The van der Waals surface area contributed by atoms with Crippen molar-refractivity contribution in [3.63, 3.8) is 0 Å². The van der Waals surface area contributed by atoms with Crippen LogP contribution in [-0.2, 0) is 9.47 Å². The first-order chi connectivity index (χ1) is 21.9. The molecule has 8 rings (SSSR count). The molecule has 4 aromatic rings. The number of pyridine rings is 1. The summed E-state index contributed by atoms with van der Waals surface area (Å²) >= 11 is 0.958. The molecule has 0 amide bonds. The van der Waals surface area contributed by atoms with Crippen molar-refractivity contribution in [1.29, 1.82) is 5.26 Å². The van der Waals surface area contributed by atoms with Crippen molar-refractivity contribution in [1.82, 2.24) is 25.2 Å². The number of hydrogen-bond donors (Lipinski definition) is 2. The smallest absolute Gasteiger partial charge is 0.319 e. The maximum atomic E-state index is 16.7. The molecule has 0 saturated carbocycles. The highest BCUT2D eigenvalue weighted by Gasteiger charge is 2.42. The number of rotatable bonds is 7. The van der Waals surface area contributed by atoms with E-state index in [0.29, 0.717) is 56.3 Å². The number of morpholine rings is 1. The molecule has 11 nitrogen and oxygen atoms in total. The van der Waals surface area contributed by atoms with Crippen molar-refractivity contribution in [2.45, 2.75) is 24.9 Å². The molecule has 1 aromatic carbocycles. The minimum absolute atomic E-state index is 0.0473. The molecule has 2 unspecified atom stereocenters. The monoisotopic (exact) mass is 634 g/mol. The Labute approximate surface area is 261 Å². The number of fused-ring (bicyclic) bond motifs is 4. The number of nitrogens with one attached hydrogen (secondary N) is 1. The van der Waals surface area contributed by atoms with Gasteiger partial charge in [0, 0.05) is 62.0 Å². The van der Waals surface area contributed by atoms with Gasteiger partial charge in [0.25, 0.3) is 0 Å². The van der Waals surface area contributed by atoms with Gasteiger partial charge in [-0.25, -0.2) is 8.78 Å². The summed E-state index contributed by atoms with van der Waals surface area (Å²) in [6.45, 7) is 6.77. The topological polar surface area (TPSA) is 135 Å². The van der Waals surface area contributed by atoms with Crippen LogP contribution >= 0.6 is 11.3 Å². The number of nitrogens with two attached hydrogens (primary N) is 1. The van der Waals surface area contributed by atoms with Gasteiger partial charge >= 0.3 is 6.01 Å².